The predicted octanol–water partition coefficient (Wildman–Crippen LogP) is 3.22. The first-order chi connectivity index (χ1) is 13.7. The van der Waals surface area contributed by atoms with Crippen LogP contribution < -0.4 is 4.90 Å². The fraction of sp³-hybridized carbons (Fsp3) is 0.591. The monoisotopic (exact) mass is 398 g/mol. The second-order valence-corrected chi connectivity index (χ2v) is 9.06. The van der Waals surface area contributed by atoms with Crippen molar-refractivity contribution < 1.29 is 13.9 Å². The fourth-order valence-corrected chi connectivity index (χ4v) is 4.24. The Bertz CT molecular complexity index is 905. The van der Waals surface area contributed by atoms with Gasteiger partial charge in [-0.1, -0.05) is 13.8 Å². The number of piperazine rings is 1. The summed E-state index contributed by atoms with van der Waals surface area (Å²) in [5.74, 6) is 1.57. The number of hydrogen-bond donors (Lipinski definition) is 0. The van der Waals surface area contributed by atoms with Gasteiger partial charge < -0.3 is 19.0 Å². The molecule has 0 unspecified atom stereocenters. The molecule has 1 amide bonds. The molecule has 1 atom stereocenters. The third-order valence-corrected chi connectivity index (χ3v) is 6.02. The van der Waals surface area contributed by atoms with E-state index in [-0.39, 0.29) is 17.6 Å². The maximum atomic E-state index is 13.0. The van der Waals surface area contributed by atoms with E-state index in [9.17, 15) is 4.79 Å². The van der Waals surface area contributed by atoms with Crippen LogP contribution in [0.4, 0.5) is 5.82 Å². The zero-order chi connectivity index (χ0) is 20.8. The smallest absolute Gasteiger partial charge is 0.291 e. The average molecular weight is 399 g/mol. The van der Waals surface area contributed by atoms with Crippen molar-refractivity contribution in [3.05, 3.63) is 41.2 Å². The van der Waals surface area contributed by atoms with E-state index >= 15 is 0 Å². The quantitative estimate of drug-likeness (QED) is 0.791. The molecule has 2 aromatic heterocycles. The summed E-state index contributed by atoms with van der Waals surface area (Å²) in [6.45, 7) is 13.1. The Balaban J connectivity index is 1.55. The lowest BCUT2D eigenvalue weighted by Crippen LogP contribution is -2.57. The average Bonchev–Trinajstić information content (AvgIpc) is 3.11. The van der Waals surface area contributed by atoms with Crippen LogP contribution in [0.25, 0.3) is 0 Å². The minimum absolute atomic E-state index is 0.0735. The molecule has 0 spiro atoms. The summed E-state index contributed by atoms with van der Waals surface area (Å²) in [5, 5.41) is 0. The number of fused-ring (bicyclic) bond motifs is 1. The Labute approximate surface area is 172 Å². The van der Waals surface area contributed by atoms with Crippen LogP contribution in [0.1, 0.15) is 55.1 Å². The first-order valence-electron chi connectivity index (χ1n) is 10.3. The van der Waals surface area contributed by atoms with Gasteiger partial charge in [-0.25, -0.2) is 9.97 Å². The Morgan fingerprint density at radius 1 is 1.24 bits per heavy atom. The largest absolute Gasteiger partial charge is 0.438 e. The zero-order valence-corrected chi connectivity index (χ0v) is 17.9. The third-order valence-electron chi connectivity index (χ3n) is 6.02. The number of carbonyl (C=O) groups is 1. The van der Waals surface area contributed by atoms with E-state index < -0.39 is 0 Å². The molecule has 4 heterocycles. The summed E-state index contributed by atoms with van der Waals surface area (Å²) in [6, 6.07) is 2.29. The molecular weight excluding hydrogens is 368 g/mol. The number of amides is 1. The number of rotatable bonds is 3. The number of oxazole rings is 1. The highest BCUT2D eigenvalue weighted by Crippen LogP contribution is 2.31. The number of ether oxygens (including phenoxy) is 1. The van der Waals surface area contributed by atoms with Crippen molar-refractivity contribution in [1.29, 1.82) is 0 Å². The lowest BCUT2D eigenvalue weighted by Gasteiger charge is -2.43. The van der Waals surface area contributed by atoms with Gasteiger partial charge in [-0.2, -0.15) is 0 Å². The number of nitrogens with zero attached hydrogens (tertiary/aromatic N) is 4. The molecule has 0 N–H and O–H groups in total. The van der Waals surface area contributed by atoms with Crippen LogP contribution in [-0.2, 0) is 17.8 Å². The highest BCUT2D eigenvalue weighted by atomic mass is 16.5. The molecule has 7 nitrogen and oxygen atoms in total. The maximum absolute atomic E-state index is 13.0. The number of carbonyl (C=O) groups excluding carboxylic acids is 1. The number of aryl methyl sites for hydroxylation is 1. The van der Waals surface area contributed by atoms with Crippen LogP contribution in [0, 0.1) is 12.8 Å². The van der Waals surface area contributed by atoms with Crippen LogP contribution in [0.3, 0.4) is 0 Å². The summed E-state index contributed by atoms with van der Waals surface area (Å²) in [5.41, 5.74) is 2.97. The Kier molecular flexibility index (Phi) is 5.11. The molecule has 2 aliphatic heterocycles. The molecule has 7 heteroatoms. The molecule has 0 radical (unpaired) electrons. The molecule has 2 aliphatic rings. The summed E-state index contributed by atoms with van der Waals surface area (Å²) >= 11 is 0. The van der Waals surface area contributed by atoms with Crippen molar-refractivity contribution in [2.45, 2.75) is 59.3 Å². The van der Waals surface area contributed by atoms with Gasteiger partial charge in [0.25, 0.3) is 5.91 Å². The molecule has 0 aliphatic carbocycles. The number of anilines is 1. The van der Waals surface area contributed by atoms with Crippen LogP contribution in [0.15, 0.2) is 23.1 Å². The normalized spacial score (nSPS) is 21.4. The second kappa shape index (κ2) is 7.44. The highest BCUT2D eigenvalue weighted by Gasteiger charge is 2.36. The molecule has 4 rings (SSSR count). The van der Waals surface area contributed by atoms with Crippen LogP contribution >= 0.6 is 0 Å². The van der Waals surface area contributed by atoms with Crippen LogP contribution in [0.2, 0.25) is 0 Å². The van der Waals surface area contributed by atoms with Gasteiger partial charge in [-0.3, -0.25) is 4.79 Å². The van der Waals surface area contributed by atoms with E-state index in [1.807, 2.05) is 11.1 Å². The first kappa shape index (κ1) is 19.9. The maximum Gasteiger partial charge on any atom is 0.291 e. The van der Waals surface area contributed by atoms with Crippen molar-refractivity contribution >= 4 is 11.7 Å². The Morgan fingerprint density at radius 2 is 2.03 bits per heavy atom. The van der Waals surface area contributed by atoms with Crippen molar-refractivity contribution in [1.82, 2.24) is 14.9 Å². The molecule has 0 bridgehead atoms. The molecule has 2 aromatic rings. The van der Waals surface area contributed by atoms with Crippen molar-refractivity contribution in [2.75, 3.05) is 24.5 Å². The molecule has 0 aromatic carbocycles. The van der Waals surface area contributed by atoms with Gasteiger partial charge >= 0.3 is 0 Å². The van der Waals surface area contributed by atoms with E-state index in [1.54, 1.807) is 6.92 Å². The van der Waals surface area contributed by atoms with Gasteiger partial charge in [0, 0.05) is 32.3 Å². The second-order valence-electron chi connectivity index (χ2n) is 9.06. The van der Waals surface area contributed by atoms with Crippen molar-refractivity contribution in [3.8, 4) is 0 Å². The van der Waals surface area contributed by atoms with E-state index in [2.05, 4.69) is 43.6 Å². The minimum atomic E-state index is -0.147. The molecule has 0 saturated carbocycles. The molecule has 1 fully saturated rings. The lowest BCUT2D eigenvalue weighted by molar-refractivity contribution is -0.0402. The summed E-state index contributed by atoms with van der Waals surface area (Å²) in [6.07, 6.45) is 4.17. The van der Waals surface area contributed by atoms with Crippen molar-refractivity contribution in [3.63, 3.8) is 0 Å². The third kappa shape index (κ3) is 3.88. The summed E-state index contributed by atoms with van der Waals surface area (Å²) in [7, 11) is 0. The van der Waals surface area contributed by atoms with Crippen molar-refractivity contribution in [2.24, 2.45) is 5.92 Å². The standard InChI is InChI=1S/C22H30N4O3/c1-14(2)18-11-25(6-7-26(18)21(27)20-15(3)24-13-28-20)19-8-16-9-22(4,5)29-12-17(16)10-23-19/h8,10,13-14,18H,6-7,9,11-12H2,1-5H3/t18-/m0/s1. The Morgan fingerprint density at radius 3 is 2.72 bits per heavy atom. The Hall–Kier alpha value is -2.41. The van der Waals surface area contributed by atoms with E-state index in [1.165, 1.54) is 17.5 Å². The topological polar surface area (TPSA) is 71.7 Å². The lowest BCUT2D eigenvalue weighted by atomic mass is 9.92. The van der Waals surface area contributed by atoms with Gasteiger partial charge in [-0.05, 0) is 43.9 Å². The predicted molar refractivity (Wildman–Crippen MR) is 110 cm³/mol. The van der Waals surface area contributed by atoms with Crippen LogP contribution in [0.5, 0.6) is 0 Å². The zero-order valence-electron chi connectivity index (χ0n) is 17.9. The first-order valence-corrected chi connectivity index (χ1v) is 10.3. The van der Waals surface area contributed by atoms with Gasteiger partial charge in [-0.15, -0.1) is 0 Å². The van der Waals surface area contributed by atoms with E-state index in [4.69, 9.17) is 14.1 Å². The fourth-order valence-electron chi connectivity index (χ4n) is 4.24. The van der Waals surface area contributed by atoms with Gasteiger partial charge in [0.05, 0.1) is 23.9 Å². The van der Waals surface area contributed by atoms with Gasteiger partial charge in [0.2, 0.25) is 5.76 Å². The van der Waals surface area contributed by atoms with E-state index in [0.717, 1.165) is 25.3 Å². The molecule has 1 saturated heterocycles. The molecular formula is C22H30N4O3. The highest BCUT2D eigenvalue weighted by molar-refractivity contribution is 5.92. The van der Waals surface area contributed by atoms with Gasteiger partial charge in [0.15, 0.2) is 6.39 Å². The molecule has 156 valence electrons. The van der Waals surface area contributed by atoms with E-state index in [0.29, 0.717) is 30.5 Å². The SMILES string of the molecule is Cc1ncoc1C(=O)N1CCN(c2cc3c(cn2)COC(C)(C)C3)C[C@H]1C(C)C. The minimum Gasteiger partial charge on any atom is -0.438 e. The van der Waals surface area contributed by atoms with Gasteiger partial charge in [0.1, 0.15) is 5.82 Å². The number of hydrogen-bond acceptors (Lipinski definition) is 6. The summed E-state index contributed by atoms with van der Waals surface area (Å²) in [4.78, 5) is 26.1. The van der Waals surface area contributed by atoms with Crippen LogP contribution in [-0.4, -0.2) is 52.1 Å². The number of pyridine rings is 1. The summed E-state index contributed by atoms with van der Waals surface area (Å²) < 4.78 is 11.3. The molecule has 29 heavy (non-hydrogen) atoms. The number of aromatic nitrogens is 2.